The summed E-state index contributed by atoms with van der Waals surface area (Å²) in [4.78, 5) is 10.7. The van der Waals surface area contributed by atoms with E-state index in [1.807, 2.05) is 0 Å². The molecule has 0 aliphatic heterocycles. The molecule has 0 aromatic carbocycles. The second-order valence-electron chi connectivity index (χ2n) is 4.17. The van der Waals surface area contributed by atoms with Crippen LogP contribution in [-0.4, -0.2) is 24.2 Å². The predicted octanol–water partition coefficient (Wildman–Crippen LogP) is 1.38. The van der Waals surface area contributed by atoms with Crippen LogP contribution < -0.4 is 5.32 Å². The second kappa shape index (κ2) is 6.41. The van der Waals surface area contributed by atoms with Crippen LogP contribution in [0.4, 0.5) is 0 Å². The number of nitrogens with zero attached hydrogens (tertiary/aromatic N) is 1. The van der Waals surface area contributed by atoms with Crippen molar-refractivity contribution >= 4 is 5.97 Å². The van der Waals surface area contributed by atoms with Crippen molar-refractivity contribution in [2.24, 2.45) is 11.8 Å². The average Bonchev–Trinajstić information content (AvgIpc) is 2.25. The quantitative estimate of drug-likeness (QED) is 0.672. The van der Waals surface area contributed by atoms with Crippen LogP contribution in [0.5, 0.6) is 0 Å². The second-order valence-corrected chi connectivity index (χ2v) is 4.17. The lowest BCUT2D eigenvalue weighted by Crippen LogP contribution is -2.29. The molecule has 1 fully saturated rings. The van der Waals surface area contributed by atoms with Gasteiger partial charge in [-0.25, -0.2) is 0 Å². The average molecular weight is 210 g/mol. The summed E-state index contributed by atoms with van der Waals surface area (Å²) in [7, 11) is 0. The molecule has 1 saturated carbocycles. The van der Waals surface area contributed by atoms with Crippen molar-refractivity contribution in [1.82, 2.24) is 5.32 Å². The number of nitriles is 1. The van der Waals surface area contributed by atoms with Crippen LogP contribution in [0.2, 0.25) is 0 Å². The fraction of sp³-hybridized carbons (Fsp3) is 0.818. The molecule has 1 aliphatic rings. The summed E-state index contributed by atoms with van der Waals surface area (Å²) in [6.45, 7) is 1.67. The van der Waals surface area contributed by atoms with Crippen LogP contribution in [0.1, 0.15) is 32.1 Å². The lowest BCUT2D eigenvalue weighted by molar-refractivity contribution is -0.143. The minimum atomic E-state index is -0.647. The molecule has 0 radical (unpaired) electrons. The maximum Gasteiger partial charge on any atom is 0.306 e. The fourth-order valence-electron chi connectivity index (χ4n) is 2.06. The largest absolute Gasteiger partial charge is 0.481 e. The Morgan fingerprint density at radius 3 is 2.60 bits per heavy atom. The van der Waals surface area contributed by atoms with Crippen molar-refractivity contribution < 1.29 is 9.90 Å². The molecule has 0 unspecified atom stereocenters. The number of hydrogen-bond acceptors (Lipinski definition) is 3. The van der Waals surface area contributed by atoms with Gasteiger partial charge in [0.2, 0.25) is 0 Å². The Bertz CT molecular complexity index is 239. The van der Waals surface area contributed by atoms with E-state index >= 15 is 0 Å². The van der Waals surface area contributed by atoms with E-state index in [1.54, 1.807) is 0 Å². The topological polar surface area (TPSA) is 73.1 Å². The zero-order valence-corrected chi connectivity index (χ0v) is 8.91. The van der Waals surface area contributed by atoms with E-state index in [0.29, 0.717) is 12.3 Å². The van der Waals surface area contributed by atoms with Crippen molar-refractivity contribution in [3.05, 3.63) is 0 Å². The Morgan fingerprint density at radius 1 is 1.40 bits per heavy atom. The number of carbonyl (C=O) groups is 1. The van der Waals surface area contributed by atoms with E-state index in [1.165, 1.54) is 0 Å². The first-order valence-electron chi connectivity index (χ1n) is 5.54. The van der Waals surface area contributed by atoms with Gasteiger partial charge in [-0.15, -0.1) is 0 Å². The smallest absolute Gasteiger partial charge is 0.306 e. The molecule has 0 saturated heterocycles. The van der Waals surface area contributed by atoms with Crippen LogP contribution in [0.3, 0.4) is 0 Å². The molecule has 84 valence electrons. The normalized spacial score (nSPS) is 25.8. The molecule has 0 atom stereocenters. The van der Waals surface area contributed by atoms with Crippen LogP contribution >= 0.6 is 0 Å². The van der Waals surface area contributed by atoms with E-state index in [9.17, 15) is 4.79 Å². The number of rotatable bonds is 5. The van der Waals surface area contributed by atoms with Gasteiger partial charge >= 0.3 is 5.97 Å². The fourth-order valence-corrected chi connectivity index (χ4v) is 2.06. The molecule has 15 heavy (non-hydrogen) atoms. The first-order chi connectivity index (χ1) is 7.24. The molecule has 0 heterocycles. The highest BCUT2D eigenvalue weighted by Crippen LogP contribution is 2.28. The zero-order valence-electron chi connectivity index (χ0n) is 8.91. The summed E-state index contributed by atoms with van der Waals surface area (Å²) in [5, 5.41) is 20.4. The first-order valence-corrected chi connectivity index (χ1v) is 5.54. The highest BCUT2D eigenvalue weighted by atomic mass is 16.4. The van der Waals surface area contributed by atoms with Gasteiger partial charge in [0.05, 0.1) is 12.0 Å². The van der Waals surface area contributed by atoms with Crippen molar-refractivity contribution in [3.63, 3.8) is 0 Å². The summed E-state index contributed by atoms with van der Waals surface area (Å²) in [6.07, 6.45) is 4.15. The molecule has 4 nitrogen and oxygen atoms in total. The predicted molar refractivity (Wildman–Crippen MR) is 56.2 cm³/mol. The Balaban J connectivity index is 2.10. The Kier molecular flexibility index (Phi) is 5.13. The Hall–Kier alpha value is -1.08. The molecule has 0 aromatic heterocycles. The van der Waals surface area contributed by atoms with Crippen LogP contribution in [0.25, 0.3) is 0 Å². The van der Waals surface area contributed by atoms with Gasteiger partial charge in [-0.05, 0) is 38.1 Å². The molecule has 1 aliphatic carbocycles. The third-order valence-electron chi connectivity index (χ3n) is 3.04. The maximum absolute atomic E-state index is 10.7. The van der Waals surface area contributed by atoms with Gasteiger partial charge < -0.3 is 10.4 Å². The molecule has 0 amide bonds. The van der Waals surface area contributed by atoms with Crippen molar-refractivity contribution in [1.29, 1.82) is 5.26 Å². The highest BCUT2D eigenvalue weighted by molar-refractivity contribution is 5.69. The van der Waals surface area contributed by atoms with E-state index in [0.717, 1.165) is 38.8 Å². The number of nitrogens with one attached hydrogen (secondary N) is 1. The van der Waals surface area contributed by atoms with E-state index in [4.69, 9.17) is 10.4 Å². The Morgan fingerprint density at radius 2 is 2.07 bits per heavy atom. The van der Waals surface area contributed by atoms with Gasteiger partial charge in [-0.3, -0.25) is 4.79 Å². The molecule has 0 bridgehead atoms. The number of carboxylic acid groups (broad SMARTS) is 1. The first kappa shape index (κ1) is 12.0. The SMILES string of the molecule is N#CCCNCC1CCC(C(=O)O)CC1. The summed E-state index contributed by atoms with van der Waals surface area (Å²) in [5.41, 5.74) is 0. The minimum Gasteiger partial charge on any atom is -0.481 e. The van der Waals surface area contributed by atoms with Crippen LogP contribution in [-0.2, 0) is 4.79 Å². The highest BCUT2D eigenvalue weighted by Gasteiger charge is 2.25. The molecular weight excluding hydrogens is 192 g/mol. The van der Waals surface area contributed by atoms with Crippen molar-refractivity contribution in [3.8, 4) is 6.07 Å². The van der Waals surface area contributed by atoms with Gasteiger partial charge in [0, 0.05) is 13.0 Å². The molecule has 0 spiro atoms. The zero-order chi connectivity index (χ0) is 11.1. The van der Waals surface area contributed by atoms with E-state index < -0.39 is 5.97 Å². The third-order valence-corrected chi connectivity index (χ3v) is 3.04. The summed E-state index contributed by atoms with van der Waals surface area (Å²) in [5.74, 6) is -0.175. The summed E-state index contributed by atoms with van der Waals surface area (Å²) < 4.78 is 0. The van der Waals surface area contributed by atoms with Gasteiger partial charge in [0.1, 0.15) is 0 Å². The number of carboxylic acids is 1. The lowest BCUT2D eigenvalue weighted by Gasteiger charge is -2.26. The van der Waals surface area contributed by atoms with Gasteiger partial charge in [-0.1, -0.05) is 0 Å². The molecule has 4 heteroatoms. The summed E-state index contributed by atoms with van der Waals surface area (Å²) >= 11 is 0. The third kappa shape index (κ3) is 4.30. The summed E-state index contributed by atoms with van der Waals surface area (Å²) in [6, 6.07) is 2.09. The number of hydrogen-bond donors (Lipinski definition) is 2. The lowest BCUT2D eigenvalue weighted by atomic mass is 9.82. The minimum absolute atomic E-state index is 0.125. The van der Waals surface area contributed by atoms with E-state index in [-0.39, 0.29) is 5.92 Å². The van der Waals surface area contributed by atoms with E-state index in [2.05, 4.69) is 11.4 Å². The van der Waals surface area contributed by atoms with Gasteiger partial charge in [-0.2, -0.15) is 5.26 Å². The monoisotopic (exact) mass is 210 g/mol. The Labute approximate surface area is 90.3 Å². The molecular formula is C11H18N2O2. The van der Waals surface area contributed by atoms with Crippen LogP contribution in [0.15, 0.2) is 0 Å². The standard InChI is InChI=1S/C11H18N2O2/c12-6-1-7-13-8-9-2-4-10(5-3-9)11(14)15/h9-10,13H,1-5,7-8H2,(H,14,15). The van der Waals surface area contributed by atoms with Gasteiger partial charge in [0.15, 0.2) is 0 Å². The number of aliphatic carboxylic acids is 1. The van der Waals surface area contributed by atoms with Crippen molar-refractivity contribution in [2.75, 3.05) is 13.1 Å². The van der Waals surface area contributed by atoms with Crippen LogP contribution in [0, 0.1) is 23.2 Å². The molecule has 1 rings (SSSR count). The molecule has 0 aromatic rings. The maximum atomic E-state index is 10.7. The van der Waals surface area contributed by atoms with Crippen molar-refractivity contribution in [2.45, 2.75) is 32.1 Å². The van der Waals surface area contributed by atoms with Gasteiger partial charge in [0.25, 0.3) is 0 Å². The molecule has 2 N–H and O–H groups in total.